The van der Waals surface area contributed by atoms with E-state index in [0.29, 0.717) is 11.3 Å². The van der Waals surface area contributed by atoms with Crippen LogP contribution in [0.3, 0.4) is 0 Å². The van der Waals surface area contributed by atoms with Gasteiger partial charge in [-0.1, -0.05) is 30.3 Å². The SMILES string of the molecule is CC(Oc1ccc(F)cc1)C(=O)NC(c1ccccc1)C(C)C(=O)O. The van der Waals surface area contributed by atoms with Crippen LogP contribution in [0.25, 0.3) is 0 Å². The number of aliphatic carboxylic acids is 1. The van der Waals surface area contributed by atoms with Crippen LogP contribution in [0.15, 0.2) is 54.6 Å². The summed E-state index contributed by atoms with van der Waals surface area (Å²) in [6, 6.07) is 13.5. The second-order valence-corrected chi connectivity index (χ2v) is 5.74. The molecular weight excluding hydrogens is 325 g/mol. The highest BCUT2D eigenvalue weighted by molar-refractivity contribution is 5.82. The number of hydrogen-bond acceptors (Lipinski definition) is 3. The van der Waals surface area contributed by atoms with Crippen LogP contribution in [0, 0.1) is 11.7 Å². The Bertz CT molecular complexity index is 718. The third kappa shape index (κ3) is 5.04. The zero-order chi connectivity index (χ0) is 18.4. The van der Waals surface area contributed by atoms with E-state index < -0.39 is 35.8 Å². The van der Waals surface area contributed by atoms with Crippen molar-refractivity contribution < 1.29 is 23.8 Å². The van der Waals surface area contributed by atoms with Crippen molar-refractivity contribution in [2.24, 2.45) is 5.92 Å². The van der Waals surface area contributed by atoms with Crippen LogP contribution in [0.2, 0.25) is 0 Å². The van der Waals surface area contributed by atoms with E-state index in [9.17, 15) is 19.1 Å². The summed E-state index contributed by atoms with van der Waals surface area (Å²) in [6.45, 7) is 3.08. The highest BCUT2D eigenvalue weighted by Crippen LogP contribution is 2.23. The van der Waals surface area contributed by atoms with Crippen LogP contribution in [0.5, 0.6) is 5.75 Å². The summed E-state index contributed by atoms with van der Waals surface area (Å²) < 4.78 is 18.4. The van der Waals surface area contributed by atoms with Crippen molar-refractivity contribution >= 4 is 11.9 Å². The van der Waals surface area contributed by atoms with Gasteiger partial charge in [0.1, 0.15) is 11.6 Å². The quantitative estimate of drug-likeness (QED) is 0.808. The molecule has 2 aromatic rings. The lowest BCUT2D eigenvalue weighted by Gasteiger charge is -2.25. The maximum Gasteiger partial charge on any atom is 0.308 e. The Morgan fingerprint density at radius 1 is 1.04 bits per heavy atom. The van der Waals surface area contributed by atoms with Gasteiger partial charge in [0, 0.05) is 0 Å². The molecule has 3 atom stereocenters. The Morgan fingerprint density at radius 3 is 2.20 bits per heavy atom. The van der Waals surface area contributed by atoms with Crippen molar-refractivity contribution in [2.75, 3.05) is 0 Å². The van der Waals surface area contributed by atoms with Gasteiger partial charge in [-0.25, -0.2) is 4.39 Å². The first-order chi connectivity index (χ1) is 11.9. The fourth-order valence-electron chi connectivity index (χ4n) is 2.34. The number of amides is 1. The van der Waals surface area contributed by atoms with Gasteiger partial charge < -0.3 is 15.2 Å². The van der Waals surface area contributed by atoms with Crippen LogP contribution >= 0.6 is 0 Å². The van der Waals surface area contributed by atoms with Gasteiger partial charge in [-0.2, -0.15) is 0 Å². The third-order valence-electron chi connectivity index (χ3n) is 3.84. The number of ether oxygens (including phenoxy) is 1. The van der Waals surface area contributed by atoms with Gasteiger partial charge in [0.15, 0.2) is 6.10 Å². The van der Waals surface area contributed by atoms with Crippen LogP contribution < -0.4 is 10.1 Å². The topological polar surface area (TPSA) is 75.6 Å². The van der Waals surface area contributed by atoms with E-state index in [1.807, 2.05) is 6.07 Å². The number of benzene rings is 2. The van der Waals surface area contributed by atoms with Gasteiger partial charge >= 0.3 is 5.97 Å². The number of hydrogen-bond donors (Lipinski definition) is 2. The highest BCUT2D eigenvalue weighted by Gasteiger charge is 2.28. The van der Waals surface area contributed by atoms with Crippen LogP contribution in [0.1, 0.15) is 25.5 Å². The third-order valence-corrected chi connectivity index (χ3v) is 3.84. The Balaban J connectivity index is 2.10. The molecule has 5 nitrogen and oxygen atoms in total. The summed E-state index contributed by atoms with van der Waals surface area (Å²) in [5, 5.41) is 12.0. The molecule has 0 aliphatic rings. The van der Waals surface area contributed by atoms with Gasteiger partial charge in [-0.05, 0) is 43.7 Å². The molecule has 0 heterocycles. The molecule has 0 saturated carbocycles. The molecule has 0 bridgehead atoms. The molecule has 0 radical (unpaired) electrons. The van der Waals surface area contributed by atoms with E-state index in [4.69, 9.17) is 4.74 Å². The second kappa shape index (κ2) is 8.28. The second-order valence-electron chi connectivity index (χ2n) is 5.74. The van der Waals surface area contributed by atoms with Gasteiger partial charge in [-0.15, -0.1) is 0 Å². The molecule has 2 aromatic carbocycles. The minimum Gasteiger partial charge on any atom is -0.481 e. The largest absolute Gasteiger partial charge is 0.481 e. The molecule has 6 heteroatoms. The Kier molecular flexibility index (Phi) is 6.11. The Morgan fingerprint density at radius 2 is 1.64 bits per heavy atom. The summed E-state index contributed by atoms with van der Waals surface area (Å²) in [5.41, 5.74) is 0.694. The van der Waals surface area contributed by atoms with Gasteiger partial charge in [-0.3, -0.25) is 9.59 Å². The Hall–Kier alpha value is -2.89. The van der Waals surface area contributed by atoms with Crippen molar-refractivity contribution in [3.63, 3.8) is 0 Å². The first-order valence-corrected chi connectivity index (χ1v) is 7.89. The lowest BCUT2D eigenvalue weighted by Crippen LogP contribution is -2.42. The molecule has 3 unspecified atom stereocenters. The number of rotatable bonds is 7. The zero-order valence-electron chi connectivity index (χ0n) is 14.0. The number of carboxylic acid groups (broad SMARTS) is 1. The fourth-order valence-corrected chi connectivity index (χ4v) is 2.34. The average Bonchev–Trinajstić information content (AvgIpc) is 2.61. The molecule has 0 aliphatic heterocycles. The molecule has 0 fully saturated rings. The van der Waals surface area contributed by atoms with Crippen LogP contribution in [0.4, 0.5) is 4.39 Å². The van der Waals surface area contributed by atoms with E-state index in [0.717, 1.165) is 0 Å². The molecule has 132 valence electrons. The summed E-state index contributed by atoms with van der Waals surface area (Å²) in [7, 11) is 0. The number of nitrogens with one attached hydrogen (secondary N) is 1. The highest BCUT2D eigenvalue weighted by atomic mass is 19.1. The maximum absolute atomic E-state index is 12.9. The normalized spacial score (nSPS) is 14.2. The minimum absolute atomic E-state index is 0.353. The fraction of sp³-hybridized carbons (Fsp3) is 0.263. The van der Waals surface area contributed by atoms with E-state index in [-0.39, 0.29) is 0 Å². The van der Waals surface area contributed by atoms with Crippen molar-refractivity contribution in [2.45, 2.75) is 26.0 Å². The average molecular weight is 345 g/mol. The predicted molar refractivity (Wildman–Crippen MR) is 90.6 cm³/mol. The van der Waals surface area contributed by atoms with Crippen molar-refractivity contribution in [1.29, 1.82) is 0 Å². The number of carbonyl (C=O) groups is 2. The molecule has 2 rings (SSSR count). The zero-order valence-corrected chi connectivity index (χ0v) is 14.0. The van der Waals surface area contributed by atoms with E-state index in [1.54, 1.807) is 31.2 Å². The van der Waals surface area contributed by atoms with Crippen molar-refractivity contribution in [3.8, 4) is 5.75 Å². The molecule has 0 spiro atoms. The van der Waals surface area contributed by atoms with E-state index in [2.05, 4.69) is 5.32 Å². The lowest BCUT2D eigenvalue weighted by molar-refractivity contribution is -0.142. The first kappa shape index (κ1) is 18.4. The minimum atomic E-state index is -1.01. The molecule has 1 amide bonds. The van der Waals surface area contributed by atoms with Crippen LogP contribution in [-0.2, 0) is 9.59 Å². The molecule has 0 aromatic heterocycles. The molecule has 2 N–H and O–H groups in total. The summed E-state index contributed by atoms with van der Waals surface area (Å²) in [6.07, 6.45) is -0.863. The van der Waals surface area contributed by atoms with Crippen molar-refractivity contribution in [3.05, 3.63) is 66.0 Å². The summed E-state index contributed by atoms with van der Waals surface area (Å²) >= 11 is 0. The monoisotopic (exact) mass is 345 g/mol. The Labute approximate surface area is 145 Å². The maximum atomic E-state index is 12.9. The van der Waals surface area contributed by atoms with Gasteiger partial charge in [0.2, 0.25) is 0 Å². The smallest absolute Gasteiger partial charge is 0.308 e. The van der Waals surface area contributed by atoms with E-state index >= 15 is 0 Å². The summed E-state index contributed by atoms with van der Waals surface area (Å²) in [4.78, 5) is 23.8. The molecule has 0 aliphatic carbocycles. The molecular formula is C19H20FNO4. The first-order valence-electron chi connectivity index (χ1n) is 7.89. The van der Waals surface area contributed by atoms with Crippen LogP contribution in [-0.4, -0.2) is 23.1 Å². The summed E-state index contributed by atoms with van der Waals surface area (Å²) in [5.74, 6) is -2.33. The van der Waals surface area contributed by atoms with Gasteiger partial charge in [0.05, 0.1) is 12.0 Å². The van der Waals surface area contributed by atoms with Gasteiger partial charge in [0.25, 0.3) is 5.91 Å². The number of carbonyl (C=O) groups excluding carboxylic acids is 1. The van der Waals surface area contributed by atoms with E-state index in [1.165, 1.54) is 31.2 Å². The lowest BCUT2D eigenvalue weighted by atomic mass is 9.94. The number of carboxylic acids is 1. The molecule has 25 heavy (non-hydrogen) atoms. The standard InChI is InChI=1S/C19H20FNO4/c1-12(19(23)24)17(14-6-4-3-5-7-14)21-18(22)13(2)25-16-10-8-15(20)9-11-16/h3-13,17H,1-2H3,(H,21,22)(H,23,24). The molecule has 0 saturated heterocycles. The van der Waals surface area contributed by atoms with Crippen molar-refractivity contribution in [1.82, 2.24) is 5.32 Å². The predicted octanol–water partition coefficient (Wildman–Crippen LogP) is 3.17. The number of halogens is 1.